The van der Waals surface area contributed by atoms with E-state index in [1.165, 1.54) is 6.08 Å². The number of nitrogens with one attached hydrogen (secondary N) is 1. The summed E-state index contributed by atoms with van der Waals surface area (Å²) in [5, 5.41) is 13.4. The first-order valence-electron chi connectivity index (χ1n) is 7.19. The minimum Gasteiger partial charge on any atom is -0.452 e. The Labute approximate surface area is 152 Å². The second-order valence-corrected chi connectivity index (χ2v) is 5.40. The van der Waals surface area contributed by atoms with Crippen LogP contribution in [0, 0.1) is 15.9 Å². The van der Waals surface area contributed by atoms with Crippen molar-refractivity contribution in [1.82, 2.24) is 0 Å². The van der Waals surface area contributed by atoms with Gasteiger partial charge in [0.1, 0.15) is 0 Å². The summed E-state index contributed by atoms with van der Waals surface area (Å²) in [6.45, 7) is -0.607. The Kier molecular flexibility index (Phi) is 6.40. The molecule has 0 aliphatic heterocycles. The van der Waals surface area contributed by atoms with Gasteiger partial charge in [0.15, 0.2) is 6.61 Å². The van der Waals surface area contributed by atoms with E-state index in [-0.39, 0.29) is 5.69 Å². The number of anilines is 1. The van der Waals surface area contributed by atoms with Crippen LogP contribution in [0.4, 0.5) is 15.8 Å². The first-order chi connectivity index (χ1) is 12.3. The van der Waals surface area contributed by atoms with Crippen LogP contribution in [0.25, 0.3) is 6.08 Å². The van der Waals surface area contributed by atoms with Crippen LogP contribution in [0.15, 0.2) is 48.5 Å². The number of halogens is 2. The Morgan fingerprint density at radius 2 is 2.04 bits per heavy atom. The fourth-order valence-electron chi connectivity index (χ4n) is 1.89. The predicted octanol–water partition coefficient (Wildman–Crippen LogP) is 3.58. The van der Waals surface area contributed by atoms with Crippen LogP contribution >= 0.6 is 11.6 Å². The number of hydrogen-bond acceptors (Lipinski definition) is 5. The van der Waals surface area contributed by atoms with Gasteiger partial charge in [-0.1, -0.05) is 23.7 Å². The number of benzene rings is 2. The fourth-order valence-corrected chi connectivity index (χ4v) is 2.09. The molecule has 26 heavy (non-hydrogen) atoms. The first-order valence-corrected chi connectivity index (χ1v) is 7.57. The standard InChI is InChI=1S/C17H12ClFN2O5/c18-12-3-1-2-11(8-12)4-7-17(23)26-10-16(22)20-13-5-6-14(19)15(9-13)21(24)25/h1-9H,10H2,(H,20,22)/b7-4+. The number of nitro groups is 1. The molecule has 0 radical (unpaired) electrons. The molecular weight excluding hydrogens is 367 g/mol. The molecule has 0 spiro atoms. The molecule has 0 unspecified atom stereocenters. The molecule has 1 N–H and O–H groups in total. The summed E-state index contributed by atoms with van der Waals surface area (Å²) in [6, 6.07) is 9.63. The summed E-state index contributed by atoms with van der Waals surface area (Å²) >= 11 is 5.81. The van der Waals surface area contributed by atoms with E-state index < -0.39 is 34.9 Å². The van der Waals surface area contributed by atoms with Crippen LogP contribution in [0.5, 0.6) is 0 Å². The summed E-state index contributed by atoms with van der Waals surface area (Å²) in [5.41, 5.74) is -0.0876. The van der Waals surface area contributed by atoms with Gasteiger partial charge in [0.2, 0.25) is 5.82 Å². The molecule has 1 amide bonds. The number of esters is 1. The van der Waals surface area contributed by atoms with Crippen LogP contribution in [-0.2, 0) is 14.3 Å². The Morgan fingerprint density at radius 1 is 1.27 bits per heavy atom. The van der Waals surface area contributed by atoms with Crippen molar-refractivity contribution < 1.29 is 23.6 Å². The van der Waals surface area contributed by atoms with Gasteiger partial charge in [-0.3, -0.25) is 14.9 Å². The lowest BCUT2D eigenvalue weighted by Gasteiger charge is -2.05. The van der Waals surface area contributed by atoms with E-state index in [0.717, 1.165) is 24.3 Å². The molecule has 134 valence electrons. The zero-order chi connectivity index (χ0) is 19.1. The third-order valence-corrected chi connectivity index (χ3v) is 3.27. The van der Waals surface area contributed by atoms with Crippen molar-refractivity contribution in [2.75, 3.05) is 11.9 Å². The van der Waals surface area contributed by atoms with Gasteiger partial charge in [-0.15, -0.1) is 0 Å². The molecular formula is C17H12ClFN2O5. The van der Waals surface area contributed by atoms with Crippen LogP contribution in [0.3, 0.4) is 0 Å². The quantitative estimate of drug-likeness (QED) is 0.358. The maximum Gasteiger partial charge on any atom is 0.331 e. The highest BCUT2D eigenvalue weighted by Gasteiger charge is 2.15. The Balaban J connectivity index is 1.87. The molecule has 0 aliphatic rings. The van der Waals surface area contributed by atoms with Gasteiger partial charge in [-0.25, -0.2) is 4.79 Å². The van der Waals surface area contributed by atoms with E-state index >= 15 is 0 Å². The highest BCUT2D eigenvalue weighted by Crippen LogP contribution is 2.21. The second kappa shape index (κ2) is 8.72. The number of amides is 1. The maximum atomic E-state index is 13.2. The second-order valence-electron chi connectivity index (χ2n) is 4.97. The zero-order valence-electron chi connectivity index (χ0n) is 13.1. The Hall–Kier alpha value is -3.26. The third kappa shape index (κ3) is 5.67. The van der Waals surface area contributed by atoms with E-state index in [0.29, 0.717) is 10.6 Å². The maximum absolute atomic E-state index is 13.2. The van der Waals surface area contributed by atoms with Gasteiger partial charge in [-0.05, 0) is 35.9 Å². The van der Waals surface area contributed by atoms with Crippen molar-refractivity contribution in [3.8, 4) is 0 Å². The number of nitrogens with zero attached hydrogens (tertiary/aromatic N) is 1. The van der Waals surface area contributed by atoms with Crippen molar-refractivity contribution in [3.05, 3.63) is 75.1 Å². The van der Waals surface area contributed by atoms with Crippen LogP contribution < -0.4 is 5.32 Å². The minimum atomic E-state index is -1.02. The highest BCUT2D eigenvalue weighted by atomic mass is 35.5. The van der Waals surface area contributed by atoms with Crippen molar-refractivity contribution in [1.29, 1.82) is 0 Å². The molecule has 2 aromatic carbocycles. The number of rotatable bonds is 6. The van der Waals surface area contributed by atoms with Crippen LogP contribution in [0.1, 0.15) is 5.56 Å². The van der Waals surface area contributed by atoms with E-state index in [1.54, 1.807) is 24.3 Å². The molecule has 0 aliphatic carbocycles. The number of carbonyl (C=O) groups is 2. The fraction of sp³-hybridized carbons (Fsp3) is 0.0588. The topological polar surface area (TPSA) is 98.5 Å². The third-order valence-electron chi connectivity index (χ3n) is 3.03. The van der Waals surface area contributed by atoms with Crippen LogP contribution in [0.2, 0.25) is 5.02 Å². The molecule has 2 rings (SSSR count). The van der Waals surface area contributed by atoms with E-state index in [9.17, 15) is 24.1 Å². The average molecular weight is 379 g/mol. The van der Waals surface area contributed by atoms with Crippen molar-refractivity contribution in [2.45, 2.75) is 0 Å². The molecule has 0 bridgehead atoms. The zero-order valence-corrected chi connectivity index (χ0v) is 13.9. The first kappa shape index (κ1) is 19.1. The summed E-state index contributed by atoms with van der Waals surface area (Å²) < 4.78 is 18.0. The lowest BCUT2D eigenvalue weighted by atomic mass is 10.2. The van der Waals surface area contributed by atoms with Crippen LogP contribution in [-0.4, -0.2) is 23.4 Å². The molecule has 0 aromatic heterocycles. The summed E-state index contributed by atoms with van der Waals surface area (Å²) in [7, 11) is 0. The molecule has 2 aromatic rings. The van der Waals surface area contributed by atoms with Crippen molar-refractivity contribution in [3.63, 3.8) is 0 Å². The van der Waals surface area contributed by atoms with Gasteiger partial charge >= 0.3 is 11.7 Å². The molecule has 0 saturated carbocycles. The number of nitro benzene ring substituents is 1. The molecule has 0 saturated heterocycles. The smallest absolute Gasteiger partial charge is 0.331 e. The molecule has 9 heteroatoms. The number of hydrogen-bond donors (Lipinski definition) is 1. The Morgan fingerprint density at radius 3 is 2.73 bits per heavy atom. The largest absolute Gasteiger partial charge is 0.452 e. The highest BCUT2D eigenvalue weighted by molar-refractivity contribution is 6.30. The summed E-state index contributed by atoms with van der Waals surface area (Å²) in [6.07, 6.45) is 2.59. The monoisotopic (exact) mass is 378 g/mol. The number of carbonyl (C=O) groups excluding carboxylic acids is 2. The lowest BCUT2D eigenvalue weighted by molar-refractivity contribution is -0.387. The van der Waals surface area contributed by atoms with Gasteiger partial charge in [0.25, 0.3) is 5.91 Å². The summed E-state index contributed by atoms with van der Waals surface area (Å²) in [4.78, 5) is 33.0. The van der Waals surface area contributed by atoms with Gasteiger partial charge in [-0.2, -0.15) is 4.39 Å². The normalized spacial score (nSPS) is 10.5. The van der Waals surface area contributed by atoms with Crippen molar-refractivity contribution in [2.24, 2.45) is 0 Å². The van der Waals surface area contributed by atoms with E-state index in [1.807, 2.05) is 0 Å². The molecule has 0 fully saturated rings. The SMILES string of the molecule is O=C(COC(=O)/C=C/c1cccc(Cl)c1)Nc1ccc(F)c([N+](=O)[O-])c1. The predicted molar refractivity (Wildman–Crippen MR) is 93.1 cm³/mol. The Bertz CT molecular complexity index is 885. The minimum absolute atomic E-state index is 0.00798. The summed E-state index contributed by atoms with van der Waals surface area (Å²) in [5.74, 6) is -2.51. The molecule has 0 heterocycles. The number of ether oxygens (including phenoxy) is 1. The average Bonchev–Trinajstić information content (AvgIpc) is 2.59. The van der Waals surface area contributed by atoms with E-state index in [4.69, 9.17) is 16.3 Å². The lowest BCUT2D eigenvalue weighted by Crippen LogP contribution is -2.20. The van der Waals surface area contributed by atoms with Gasteiger partial charge in [0.05, 0.1) is 4.92 Å². The molecule has 0 atom stereocenters. The van der Waals surface area contributed by atoms with Gasteiger partial charge in [0, 0.05) is 22.9 Å². The molecule has 7 nitrogen and oxygen atoms in total. The van der Waals surface area contributed by atoms with Gasteiger partial charge < -0.3 is 10.1 Å². The van der Waals surface area contributed by atoms with E-state index in [2.05, 4.69) is 5.32 Å². The van der Waals surface area contributed by atoms with Crippen molar-refractivity contribution >= 4 is 40.9 Å².